The van der Waals surface area contributed by atoms with E-state index in [1.54, 1.807) is 0 Å². The largest absolute Gasteiger partial charge is 0.726 e. The van der Waals surface area contributed by atoms with Crippen LogP contribution < -0.4 is 15.7 Å². The van der Waals surface area contributed by atoms with Gasteiger partial charge >= 0.3 is 94.0 Å². The number of aliphatic carboxylic acids is 2. The molecule has 44 nitrogen and oxygen atoms in total. The zero-order valence-corrected chi connectivity index (χ0v) is 82.4. The van der Waals surface area contributed by atoms with Crippen molar-refractivity contribution in [3.63, 3.8) is 0 Å². The second kappa shape index (κ2) is 91.5. The zero-order valence-electron chi connectivity index (χ0n) is 80.8. The van der Waals surface area contributed by atoms with Crippen LogP contribution in [0.5, 0.6) is 0 Å². The molecule has 0 aromatic heterocycles. The second-order valence-corrected chi connectivity index (χ2v) is 30.4. The van der Waals surface area contributed by atoms with Gasteiger partial charge in [0.05, 0.1) is 106 Å². The Balaban J connectivity index is -0.000000205. The summed E-state index contributed by atoms with van der Waals surface area (Å²) in [6.45, 7) is 54.6. The highest BCUT2D eigenvalue weighted by Crippen LogP contribution is 2.12. The summed E-state index contributed by atoms with van der Waals surface area (Å²) in [5.41, 5.74) is 7.16. The fourth-order valence-corrected chi connectivity index (χ4v) is 7.95. The number of ether oxygens (including phenoxy) is 14. The molecule has 0 spiro atoms. The van der Waals surface area contributed by atoms with E-state index in [0.717, 1.165) is 111 Å². The molecule has 0 fully saturated rings. The molecular weight excluding hydrogens is 1810 g/mol. The zero-order chi connectivity index (χ0) is 105. The molecule has 0 heterocycles. The van der Waals surface area contributed by atoms with Crippen molar-refractivity contribution < 1.29 is 197 Å². The SMILES string of the molecule is C=C(C)C(=O)OCCOC(=O)CCN(CCCC)CCC(=O)OCCOC(=O)C(=C)C.C=C(C)C(=O)OCCOC(=O)CC[N+](C)(CCCC)CCC(=O)OCCOC(=O)C(=C)C.C=C(C)C(=O)OCCOC(=O)CC[NH+](CCCC)CCC(=O)OCCOC(=O)C(=C)C.C=CC(=O)OCCOC(=O)C(=C)C.CC(=O)O.CC(=O)[O-].CCCCN.COS(=O)(=O)OC.COS(=O)(=O)[O-]. The molecule has 46 heteroatoms. The lowest BCUT2D eigenvalue weighted by atomic mass is 10.2. The van der Waals surface area contributed by atoms with Crippen molar-refractivity contribution in [2.75, 3.05) is 186 Å². The van der Waals surface area contributed by atoms with Gasteiger partial charge in [0.2, 0.25) is 10.4 Å². The summed E-state index contributed by atoms with van der Waals surface area (Å²) in [5.74, 6) is -8.45. The summed E-state index contributed by atoms with van der Waals surface area (Å²) in [7, 11) is -3.22. The maximum atomic E-state index is 12.0. The molecule has 133 heavy (non-hydrogen) atoms. The molecule has 0 aromatic rings. The Labute approximate surface area is 783 Å². The molecule has 0 radical (unpaired) electrons. The maximum Gasteiger partial charge on any atom is 0.399 e. The fourth-order valence-electron chi connectivity index (χ4n) is 7.82. The average Bonchev–Trinajstić information content (AvgIpc) is 0.885. The molecule has 0 saturated heterocycles. The van der Waals surface area contributed by atoms with E-state index in [4.69, 9.17) is 82.4 Å². The van der Waals surface area contributed by atoms with Crippen LogP contribution in [0.3, 0.4) is 0 Å². The molecule has 0 aliphatic rings. The third kappa shape index (κ3) is 111. The first kappa shape index (κ1) is 140. The molecule has 0 saturated carbocycles. The van der Waals surface area contributed by atoms with Gasteiger partial charge in [-0.2, -0.15) is 8.42 Å². The number of carbonyl (C=O) groups excluding carboxylic acids is 15. The van der Waals surface area contributed by atoms with Gasteiger partial charge in [0.25, 0.3) is 5.97 Å². The van der Waals surface area contributed by atoms with Gasteiger partial charge in [0.15, 0.2) is 0 Å². The minimum atomic E-state index is -4.41. The van der Waals surface area contributed by atoms with Crippen LogP contribution in [0, 0.1) is 0 Å². The van der Waals surface area contributed by atoms with Crippen LogP contribution in [-0.2, 0) is 176 Å². The van der Waals surface area contributed by atoms with E-state index in [0.29, 0.717) is 49.3 Å². The number of unbranched alkanes of at least 4 members (excludes halogenated alkanes) is 4. The van der Waals surface area contributed by atoms with Crippen LogP contribution in [0.4, 0.5) is 0 Å². The van der Waals surface area contributed by atoms with Gasteiger partial charge in [-0.1, -0.05) is 106 Å². The Morgan fingerprint density at radius 2 is 0.586 bits per heavy atom. The Morgan fingerprint density at radius 3 is 0.782 bits per heavy atom. The van der Waals surface area contributed by atoms with Crippen molar-refractivity contribution in [2.45, 2.75) is 180 Å². The first-order valence-corrected chi connectivity index (χ1v) is 44.5. The monoisotopic (exact) mass is 1950 g/mol. The van der Waals surface area contributed by atoms with Crippen molar-refractivity contribution in [3.8, 4) is 0 Å². The Bertz CT molecular complexity index is 3470. The average molecular weight is 1950 g/mol. The first-order chi connectivity index (χ1) is 62.0. The van der Waals surface area contributed by atoms with Crippen LogP contribution in [0.25, 0.3) is 0 Å². The molecule has 0 unspecified atom stereocenters. The van der Waals surface area contributed by atoms with E-state index in [2.05, 4.69) is 102 Å². The molecule has 0 amide bonds. The van der Waals surface area contributed by atoms with Gasteiger partial charge in [0.1, 0.15) is 92.5 Å². The molecule has 0 bridgehead atoms. The molecule has 0 aromatic carbocycles. The van der Waals surface area contributed by atoms with E-state index in [1.165, 1.54) is 61.3 Å². The number of carboxylic acids is 2. The first-order valence-electron chi connectivity index (χ1n) is 41.8. The standard InChI is InChI=1S/C23H38NO8.2C22H35NO8.C9H12O4.C4H11N.C2H6O4S.2C2H4O2.CH4O4S/c1-7-8-11-24(6,12-9-20(25)29-14-16-31-22(27)18(2)3)13-10-21(26)30-15-17-32-23(28)19(4)5;2*1-6-7-10-23(11-8-19(24)28-13-15-30-21(26)17(2)3)12-9-20(25)29-14-16-31-22(27)18(4)5;1-4-8(10)12-5-6-13-9(11)7(2)3;1-2-3-4-5;1-5-7(3,4)6-2;2*1-2(3)4;1-5-6(2,3)4/h2,4,7-17H2,1,3,5-6H3;2*2,4,6-16H2,1,3,5H3;4H,1-2,5-6H2,3H3;2-5H2,1H3;1-2H3;2*1H3,(H,3,4);1H3,(H,2,3,4)/q+1;;;;;;;;/p-1. The summed E-state index contributed by atoms with van der Waals surface area (Å²) in [6.07, 6.45) is 10.3. The van der Waals surface area contributed by atoms with Crippen LogP contribution >= 0.6 is 0 Å². The summed E-state index contributed by atoms with van der Waals surface area (Å²) in [4.78, 5) is 181. The van der Waals surface area contributed by atoms with Crippen LogP contribution in [0.2, 0.25) is 0 Å². The number of nitrogens with two attached hydrogens (primary N) is 1. The van der Waals surface area contributed by atoms with Gasteiger partial charge in [-0.05, 0) is 94.2 Å². The summed E-state index contributed by atoms with van der Waals surface area (Å²) in [6, 6.07) is 0. The number of esters is 14. The number of carboxylic acid groups (broad SMARTS) is 2. The highest BCUT2D eigenvalue weighted by atomic mass is 32.3. The molecule has 0 aliphatic carbocycles. The van der Waals surface area contributed by atoms with Crippen molar-refractivity contribution in [1.29, 1.82) is 0 Å². The van der Waals surface area contributed by atoms with E-state index >= 15 is 0 Å². The Morgan fingerprint density at radius 1 is 0.361 bits per heavy atom. The number of quaternary nitrogens is 2. The third-order valence-corrected chi connectivity index (χ3v) is 16.1. The van der Waals surface area contributed by atoms with Crippen LogP contribution in [0.15, 0.2) is 97.7 Å². The number of hydrogen-bond acceptors (Lipinski definition) is 41. The molecule has 0 aliphatic heterocycles. The van der Waals surface area contributed by atoms with Crippen LogP contribution in [0.1, 0.15) is 180 Å². The highest BCUT2D eigenvalue weighted by Gasteiger charge is 2.26. The van der Waals surface area contributed by atoms with Gasteiger partial charge in [0, 0.05) is 71.1 Å². The topological polar surface area (TPSA) is 598 Å². The van der Waals surface area contributed by atoms with Crippen LogP contribution in [-0.4, -0.2) is 318 Å². The van der Waals surface area contributed by atoms with Gasteiger partial charge in [-0.15, -0.1) is 0 Å². The van der Waals surface area contributed by atoms with E-state index < -0.39 is 92.4 Å². The lowest BCUT2D eigenvalue weighted by Crippen LogP contribution is -3.12. The lowest BCUT2D eigenvalue weighted by Gasteiger charge is -2.34. The smallest absolute Gasteiger partial charge is 0.399 e. The molecule has 0 rings (SSSR count). The molecule has 0 atom stereocenters. The normalized spacial score (nSPS) is 10.1. The van der Waals surface area contributed by atoms with Crippen molar-refractivity contribution in [2.24, 2.45) is 5.73 Å². The molecule has 768 valence electrons. The van der Waals surface area contributed by atoms with Gasteiger partial charge in [-0.25, -0.2) is 46.8 Å². The number of nitrogens with zero attached hydrogens (tertiary/aromatic N) is 2. The Hall–Kier alpha value is -11.0. The third-order valence-electron chi connectivity index (χ3n) is 14.9. The number of hydrogen-bond donors (Lipinski definition) is 3. The molecular formula is C87H148N4O40S2. The predicted molar refractivity (Wildman–Crippen MR) is 480 cm³/mol. The summed E-state index contributed by atoms with van der Waals surface area (Å²) < 4.78 is 128. The predicted octanol–water partition coefficient (Wildman–Crippen LogP) is 4.35. The van der Waals surface area contributed by atoms with Crippen molar-refractivity contribution in [3.05, 3.63) is 97.7 Å². The van der Waals surface area contributed by atoms with Gasteiger partial charge in [-0.3, -0.25) is 46.1 Å². The number of nitrogens with one attached hydrogen (secondary N) is 1. The quantitative estimate of drug-likeness (QED) is 0.0145. The maximum absolute atomic E-state index is 12.0. The second-order valence-electron chi connectivity index (χ2n) is 27.8. The van der Waals surface area contributed by atoms with Crippen molar-refractivity contribution in [1.82, 2.24) is 4.90 Å². The fraction of sp³-hybridized carbons (Fsp3) is 0.632. The van der Waals surface area contributed by atoms with E-state index in [-0.39, 0.29) is 188 Å². The summed E-state index contributed by atoms with van der Waals surface area (Å²) >= 11 is 0. The number of rotatable bonds is 61. The number of carbonyl (C=O) groups is 16. The van der Waals surface area contributed by atoms with Gasteiger partial charge < -0.3 is 106 Å². The lowest BCUT2D eigenvalue weighted by molar-refractivity contribution is -0.908. The minimum Gasteiger partial charge on any atom is -0.726 e. The van der Waals surface area contributed by atoms with E-state index in [1.807, 2.05) is 11.9 Å². The summed E-state index contributed by atoms with van der Waals surface area (Å²) in [5, 5.41) is 16.3. The highest BCUT2D eigenvalue weighted by molar-refractivity contribution is 7.81. The minimum absolute atomic E-state index is 0.00950. The molecule has 4 N–H and O–H groups in total. The van der Waals surface area contributed by atoms with Crippen molar-refractivity contribution >= 4 is 116 Å². The van der Waals surface area contributed by atoms with E-state index in [9.17, 15) is 88.5 Å². The Kier molecular flexibility index (Phi) is 96.3.